The lowest BCUT2D eigenvalue weighted by Gasteiger charge is -2.23. The highest BCUT2D eigenvalue weighted by Gasteiger charge is 2.13. The van der Waals surface area contributed by atoms with Gasteiger partial charge in [0, 0.05) is 6.61 Å². The molecule has 2 heteroatoms. The molecule has 1 saturated heterocycles. The third-order valence-corrected chi connectivity index (χ3v) is 1.73. The smallest absolute Gasteiger partial charge is 0.187 e. The normalized spacial score (nSPS) is 35.3. The summed E-state index contributed by atoms with van der Waals surface area (Å²) in [6.45, 7) is 5.36. The maximum Gasteiger partial charge on any atom is 0.187 e. The Kier molecular flexibility index (Phi) is 4.57. The van der Waals surface area contributed by atoms with Crippen LogP contribution in [-0.4, -0.2) is 30.1 Å². The number of rotatable bonds is 0. The zero-order chi connectivity index (χ0) is 5.98. The zero-order valence-electron chi connectivity index (χ0n) is 5.68. The van der Waals surface area contributed by atoms with E-state index < -0.39 is 0 Å². The van der Waals surface area contributed by atoms with Crippen LogP contribution >= 0.6 is 0 Å². The third kappa shape index (κ3) is 3.25. The van der Waals surface area contributed by atoms with Crippen LogP contribution in [0.4, 0.5) is 0 Å². The van der Waals surface area contributed by atoms with Crippen molar-refractivity contribution < 1.29 is 4.74 Å². The zero-order valence-corrected chi connectivity index (χ0v) is 5.68. The second kappa shape index (κ2) is 4.33. The van der Waals surface area contributed by atoms with Crippen molar-refractivity contribution >= 4 is 17.4 Å². The third-order valence-electron chi connectivity index (χ3n) is 1.73. The summed E-state index contributed by atoms with van der Waals surface area (Å²) < 4.78 is 5.39. The van der Waals surface area contributed by atoms with E-state index >= 15 is 0 Å². The molecule has 0 radical (unpaired) electrons. The van der Waals surface area contributed by atoms with Crippen LogP contribution in [0.3, 0.4) is 0 Å². The van der Waals surface area contributed by atoms with Crippen LogP contribution in [-0.2, 0) is 4.74 Å². The molecule has 2 atom stereocenters. The van der Waals surface area contributed by atoms with Crippen LogP contribution in [0.15, 0.2) is 0 Å². The summed E-state index contributed by atoms with van der Waals surface area (Å²) in [4.78, 5) is 0. The number of hydrogen-bond acceptors (Lipinski definition) is 1. The molecule has 0 bridgehead atoms. The quantitative estimate of drug-likeness (QED) is 0.453. The Morgan fingerprint density at radius 3 is 2.22 bits per heavy atom. The van der Waals surface area contributed by atoms with E-state index in [1.54, 1.807) is 0 Å². The van der Waals surface area contributed by atoms with Gasteiger partial charge in [0.2, 0.25) is 0 Å². The number of hydrogen-bond donors (Lipinski definition) is 0. The van der Waals surface area contributed by atoms with Crippen LogP contribution < -0.4 is 0 Å². The minimum absolute atomic E-state index is 0. The molecule has 0 aromatic carbocycles. The fourth-order valence-electron chi connectivity index (χ4n) is 1.01. The van der Waals surface area contributed by atoms with E-state index in [4.69, 9.17) is 4.74 Å². The first-order valence-corrected chi connectivity index (χ1v) is 3.40. The summed E-state index contributed by atoms with van der Waals surface area (Å²) in [6, 6.07) is 0. The average molecular weight is 144 g/mol. The summed E-state index contributed by atoms with van der Waals surface area (Å²) in [5.41, 5.74) is 0. The van der Waals surface area contributed by atoms with Gasteiger partial charge >= 0.3 is 0 Å². The monoisotopic (exact) mass is 144 g/mol. The second-order valence-corrected chi connectivity index (χ2v) is 2.83. The highest BCUT2D eigenvalue weighted by Crippen LogP contribution is 2.16. The van der Waals surface area contributed by atoms with Gasteiger partial charge in [0.15, 0.2) is 17.4 Å². The van der Waals surface area contributed by atoms with E-state index in [0.717, 1.165) is 12.5 Å². The van der Waals surface area contributed by atoms with Crippen molar-refractivity contribution in [1.29, 1.82) is 0 Å². The molecule has 1 nitrogen and oxygen atoms in total. The molecule has 1 fully saturated rings. The fraction of sp³-hybridized carbons (Fsp3) is 1.00. The summed E-state index contributed by atoms with van der Waals surface area (Å²) in [5, 5.41) is 0. The van der Waals surface area contributed by atoms with Gasteiger partial charge in [-0.05, 0) is 25.7 Å². The van der Waals surface area contributed by atoms with Gasteiger partial charge in [-0.15, -0.1) is 0 Å². The molecule has 0 spiro atoms. The minimum atomic E-state index is 0. The molecule has 0 aliphatic carbocycles. The standard InChI is InChI=1S/C7H14O.Al.3H/c1-6-3-4-7(2)8-5-6;;;;/h6-7H,3-5H2,1-2H3;;;;. The van der Waals surface area contributed by atoms with E-state index in [2.05, 4.69) is 13.8 Å². The molecule has 0 N–H and O–H groups in total. The molecule has 9 heavy (non-hydrogen) atoms. The Labute approximate surface area is 67.9 Å². The summed E-state index contributed by atoms with van der Waals surface area (Å²) in [6.07, 6.45) is 3.12. The predicted molar refractivity (Wildman–Crippen MR) is 43.8 cm³/mol. The fourth-order valence-corrected chi connectivity index (χ4v) is 1.01. The van der Waals surface area contributed by atoms with Crippen LogP contribution in [0.5, 0.6) is 0 Å². The summed E-state index contributed by atoms with van der Waals surface area (Å²) in [7, 11) is 0. The van der Waals surface area contributed by atoms with Gasteiger partial charge < -0.3 is 4.74 Å². The van der Waals surface area contributed by atoms with Crippen molar-refractivity contribution in [1.82, 2.24) is 0 Å². The van der Waals surface area contributed by atoms with Gasteiger partial charge in [-0.3, -0.25) is 0 Å². The van der Waals surface area contributed by atoms with Crippen molar-refractivity contribution in [3.05, 3.63) is 0 Å². The summed E-state index contributed by atoms with van der Waals surface area (Å²) >= 11 is 0. The average Bonchev–Trinajstić information content (AvgIpc) is 1.77. The molecule has 1 aliphatic heterocycles. The molecule has 1 heterocycles. The van der Waals surface area contributed by atoms with Gasteiger partial charge in [-0.1, -0.05) is 6.92 Å². The molecule has 0 saturated carbocycles. The van der Waals surface area contributed by atoms with Crippen LogP contribution in [0.2, 0.25) is 0 Å². The Balaban J connectivity index is 0.000000640. The topological polar surface area (TPSA) is 9.23 Å². The first-order chi connectivity index (χ1) is 3.79. The molecule has 1 aliphatic rings. The predicted octanol–water partition coefficient (Wildman–Crippen LogP) is 0.637. The lowest BCUT2D eigenvalue weighted by atomic mass is 10.0. The van der Waals surface area contributed by atoms with E-state index in [1.807, 2.05) is 0 Å². The second-order valence-electron chi connectivity index (χ2n) is 2.83. The Hall–Kier alpha value is 0.492. The first-order valence-electron chi connectivity index (χ1n) is 3.40. The van der Waals surface area contributed by atoms with E-state index in [0.29, 0.717) is 6.10 Å². The molecular formula is C7H17AlO. The molecular weight excluding hydrogens is 127 g/mol. The summed E-state index contributed by atoms with van der Waals surface area (Å²) in [5.74, 6) is 0.797. The lowest BCUT2D eigenvalue weighted by molar-refractivity contribution is 0.000267. The van der Waals surface area contributed by atoms with Crippen molar-refractivity contribution in [2.45, 2.75) is 32.8 Å². The molecule has 2 unspecified atom stereocenters. The van der Waals surface area contributed by atoms with Gasteiger partial charge in [0.25, 0.3) is 0 Å². The largest absolute Gasteiger partial charge is 0.378 e. The van der Waals surface area contributed by atoms with Crippen molar-refractivity contribution in [2.24, 2.45) is 5.92 Å². The Morgan fingerprint density at radius 1 is 1.22 bits per heavy atom. The van der Waals surface area contributed by atoms with Gasteiger partial charge in [0.1, 0.15) is 0 Å². The first kappa shape index (κ1) is 9.49. The highest BCUT2D eigenvalue weighted by molar-refractivity contribution is 5.75. The minimum Gasteiger partial charge on any atom is -0.378 e. The van der Waals surface area contributed by atoms with Gasteiger partial charge in [-0.25, -0.2) is 0 Å². The maximum atomic E-state index is 5.39. The van der Waals surface area contributed by atoms with E-state index in [9.17, 15) is 0 Å². The lowest BCUT2D eigenvalue weighted by Crippen LogP contribution is -2.21. The van der Waals surface area contributed by atoms with Gasteiger partial charge in [0.05, 0.1) is 6.10 Å². The van der Waals surface area contributed by atoms with Crippen LogP contribution in [0, 0.1) is 5.92 Å². The Bertz CT molecular complexity index is 57.3. The van der Waals surface area contributed by atoms with Crippen LogP contribution in [0.1, 0.15) is 26.7 Å². The maximum absolute atomic E-state index is 5.39. The molecule has 0 aromatic rings. The van der Waals surface area contributed by atoms with Gasteiger partial charge in [-0.2, -0.15) is 0 Å². The number of ether oxygens (including phenoxy) is 1. The van der Waals surface area contributed by atoms with Crippen molar-refractivity contribution in [2.75, 3.05) is 6.61 Å². The molecule has 0 amide bonds. The molecule has 1 rings (SSSR count). The highest BCUT2D eigenvalue weighted by atomic mass is 27.0. The SMILES string of the molecule is CC1CCC(C)OC1.[AlH3]. The molecule has 0 aromatic heterocycles. The van der Waals surface area contributed by atoms with E-state index in [-0.39, 0.29) is 17.4 Å². The molecule has 54 valence electrons. The van der Waals surface area contributed by atoms with Crippen molar-refractivity contribution in [3.8, 4) is 0 Å². The Morgan fingerprint density at radius 2 is 1.89 bits per heavy atom. The van der Waals surface area contributed by atoms with Crippen molar-refractivity contribution in [3.63, 3.8) is 0 Å². The van der Waals surface area contributed by atoms with E-state index in [1.165, 1.54) is 12.8 Å². The van der Waals surface area contributed by atoms with Crippen LogP contribution in [0.25, 0.3) is 0 Å².